The summed E-state index contributed by atoms with van der Waals surface area (Å²) in [6.45, 7) is 2.61. The van der Waals surface area contributed by atoms with Gasteiger partial charge in [-0.3, -0.25) is 4.79 Å². The summed E-state index contributed by atoms with van der Waals surface area (Å²) in [6.07, 6.45) is 0.294. The summed E-state index contributed by atoms with van der Waals surface area (Å²) >= 11 is 0. The van der Waals surface area contributed by atoms with Gasteiger partial charge in [0.25, 0.3) is 0 Å². The van der Waals surface area contributed by atoms with Crippen LogP contribution in [-0.4, -0.2) is 60.6 Å². The van der Waals surface area contributed by atoms with E-state index in [1.165, 1.54) is 0 Å². The molecule has 8 heteroatoms. The number of primary amides is 1. The number of nitrogens with zero attached hydrogens (tertiary/aromatic N) is 1. The molecule has 5 N–H and O–H groups in total. The molecule has 0 aromatic carbocycles. The van der Waals surface area contributed by atoms with Crippen molar-refractivity contribution in [1.29, 1.82) is 0 Å². The maximum atomic E-state index is 11.5. The molecule has 1 unspecified atom stereocenters. The predicted molar refractivity (Wildman–Crippen MR) is 69.5 cm³/mol. The van der Waals surface area contributed by atoms with Crippen molar-refractivity contribution in [3.05, 3.63) is 0 Å². The average Bonchev–Trinajstić information content (AvgIpc) is 2.24. The smallest absolute Gasteiger partial charge is 0.326 e. The fourth-order valence-corrected chi connectivity index (χ4v) is 1.35. The fraction of sp³-hybridized carbons (Fsp3) is 0.727. The van der Waals surface area contributed by atoms with E-state index in [-0.39, 0.29) is 6.04 Å². The summed E-state index contributed by atoms with van der Waals surface area (Å²) < 4.78 is 0. The lowest BCUT2D eigenvalue weighted by Gasteiger charge is -2.19. The molecule has 0 heterocycles. The highest BCUT2D eigenvalue weighted by Gasteiger charge is 2.22. The van der Waals surface area contributed by atoms with Crippen molar-refractivity contribution in [3.63, 3.8) is 0 Å². The van der Waals surface area contributed by atoms with Gasteiger partial charge in [0, 0.05) is 6.04 Å². The molecular formula is C11H22N4O4. The molecule has 0 aliphatic rings. The van der Waals surface area contributed by atoms with Crippen molar-refractivity contribution in [2.45, 2.75) is 31.8 Å². The van der Waals surface area contributed by atoms with Gasteiger partial charge >= 0.3 is 12.0 Å². The second-order valence-electron chi connectivity index (χ2n) is 4.67. The van der Waals surface area contributed by atoms with Crippen molar-refractivity contribution in [1.82, 2.24) is 15.5 Å². The van der Waals surface area contributed by atoms with E-state index in [1.54, 1.807) is 0 Å². The van der Waals surface area contributed by atoms with Gasteiger partial charge in [0.15, 0.2) is 0 Å². The van der Waals surface area contributed by atoms with Gasteiger partial charge in [-0.05, 0) is 34.0 Å². The Bertz CT molecular complexity index is 333. The molecule has 0 aliphatic heterocycles. The predicted octanol–water partition coefficient (Wildman–Crippen LogP) is -1.05. The molecule has 2 atom stereocenters. The highest BCUT2D eigenvalue weighted by molar-refractivity contribution is 5.87. The minimum absolute atomic E-state index is 0.106. The zero-order chi connectivity index (χ0) is 15.0. The summed E-state index contributed by atoms with van der Waals surface area (Å²) in [6, 6.07) is -2.04. The third-order valence-electron chi connectivity index (χ3n) is 2.40. The van der Waals surface area contributed by atoms with Crippen LogP contribution in [0.2, 0.25) is 0 Å². The highest BCUT2D eigenvalue weighted by Crippen LogP contribution is 1.95. The zero-order valence-corrected chi connectivity index (χ0v) is 11.5. The summed E-state index contributed by atoms with van der Waals surface area (Å²) in [4.78, 5) is 35.0. The van der Waals surface area contributed by atoms with Gasteiger partial charge in [-0.2, -0.15) is 0 Å². The third-order valence-corrected chi connectivity index (χ3v) is 2.40. The Hall–Kier alpha value is -1.83. The van der Waals surface area contributed by atoms with Crippen molar-refractivity contribution >= 4 is 17.9 Å². The fourth-order valence-electron chi connectivity index (χ4n) is 1.35. The molecule has 110 valence electrons. The number of urea groups is 1. The van der Waals surface area contributed by atoms with Crippen molar-refractivity contribution in [2.24, 2.45) is 5.73 Å². The van der Waals surface area contributed by atoms with Crippen LogP contribution in [0.15, 0.2) is 0 Å². The van der Waals surface area contributed by atoms with Crippen molar-refractivity contribution < 1.29 is 19.5 Å². The number of aliphatic carboxylic acids is 1. The van der Waals surface area contributed by atoms with Crippen LogP contribution in [0.1, 0.15) is 19.8 Å². The maximum absolute atomic E-state index is 11.5. The molecule has 0 saturated heterocycles. The molecule has 0 aliphatic carbocycles. The number of nitrogens with two attached hydrogens (primary N) is 1. The van der Waals surface area contributed by atoms with Gasteiger partial charge in [-0.1, -0.05) is 0 Å². The average molecular weight is 274 g/mol. The second-order valence-corrected chi connectivity index (χ2v) is 4.67. The molecule has 3 amide bonds. The molecule has 0 rings (SSSR count). The number of carboxylic acid groups (broad SMARTS) is 1. The first-order valence-corrected chi connectivity index (χ1v) is 5.95. The Morgan fingerprint density at radius 1 is 1.26 bits per heavy atom. The maximum Gasteiger partial charge on any atom is 0.326 e. The van der Waals surface area contributed by atoms with Crippen LogP contribution in [-0.2, 0) is 9.59 Å². The largest absolute Gasteiger partial charge is 0.480 e. The van der Waals surface area contributed by atoms with E-state index in [0.717, 1.165) is 13.0 Å². The van der Waals surface area contributed by atoms with E-state index >= 15 is 0 Å². The summed E-state index contributed by atoms with van der Waals surface area (Å²) in [5.41, 5.74) is 4.91. The highest BCUT2D eigenvalue weighted by atomic mass is 16.4. The summed E-state index contributed by atoms with van der Waals surface area (Å²) in [5, 5.41) is 13.6. The Balaban J connectivity index is 4.18. The molecule has 19 heavy (non-hydrogen) atoms. The number of carbonyl (C=O) groups excluding carboxylic acids is 2. The van der Waals surface area contributed by atoms with E-state index in [1.807, 2.05) is 25.9 Å². The Morgan fingerprint density at radius 2 is 1.84 bits per heavy atom. The summed E-state index contributed by atoms with van der Waals surface area (Å²) in [7, 11) is 3.83. The lowest BCUT2D eigenvalue weighted by Crippen LogP contribution is -2.50. The number of nitrogens with one attached hydrogen (secondary N) is 2. The Labute approximate surface area is 112 Å². The topological polar surface area (TPSA) is 125 Å². The number of amides is 3. The second kappa shape index (κ2) is 8.30. The number of carbonyl (C=O) groups is 3. The van der Waals surface area contributed by atoms with Crippen molar-refractivity contribution in [3.8, 4) is 0 Å². The molecule has 0 spiro atoms. The van der Waals surface area contributed by atoms with E-state index in [0.29, 0.717) is 0 Å². The van der Waals surface area contributed by atoms with Crippen LogP contribution in [0.3, 0.4) is 0 Å². The van der Waals surface area contributed by atoms with E-state index in [4.69, 9.17) is 10.8 Å². The van der Waals surface area contributed by atoms with Crippen molar-refractivity contribution in [2.75, 3.05) is 20.6 Å². The van der Waals surface area contributed by atoms with Crippen LogP contribution in [0.5, 0.6) is 0 Å². The number of hydrogen-bond donors (Lipinski definition) is 4. The lowest BCUT2D eigenvalue weighted by molar-refractivity contribution is -0.140. The Kier molecular flexibility index (Phi) is 7.50. The quantitative estimate of drug-likeness (QED) is 0.449. The van der Waals surface area contributed by atoms with Gasteiger partial charge in [-0.25, -0.2) is 9.59 Å². The minimum Gasteiger partial charge on any atom is -0.480 e. The molecule has 0 bridgehead atoms. The molecule has 8 nitrogen and oxygen atoms in total. The van der Waals surface area contributed by atoms with Crippen LogP contribution in [0.25, 0.3) is 0 Å². The first-order valence-electron chi connectivity index (χ1n) is 5.95. The van der Waals surface area contributed by atoms with Crippen LogP contribution < -0.4 is 16.4 Å². The van der Waals surface area contributed by atoms with Crippen LogP contribution >= 0.6 is 0 Å². The van der Waals surface area contributed by atoms with Gasteiger partial charge < -0.3 is 26.4 Å². The number of carboxylic acids is 1. The standard InChI is InChI=1S/C11H22N4O4/c1-7(4-5-15(2)3)13-11(19)14-8(10(17)18)6-9(12)16/h7-8H,4-6H2,1-3H3,(H2,12,16)(H,17,18)(H2,13,14,19)/t7?,8-/m1/s1. The van der Waals surface area contributed by atoms with Crippen LogP contribution in [0, 0.1) is 0 Å². The summed E-state index contributed by atoms with van der Waals surface area (Å²) in [5.74, 6) is -2.08. The van der Waals surface area contributed by atoms with Gasteiger partial charge in [0.1, 0.15) is 6.04 Å². The molecular weight excluding hydrogens is 252 g/mol. The van der Waals surface area contributed by atoms with Crippen LogP contribution in [0.4, 0.5) is 4.79 Å². The molecule has 0 aromatic rings. The third kappa shape index (κ3) is 8.83. The van der Waals surface area contributed by atoms with Gasteiger partial charge in [0.2, 0.25) is 5.91 Å². The molecule has 0 aromatic heterocycles. The first-order chi connectivity index (χ1) is 8.72. The lowest BCUT2D eigenvalue weighted by atomic mass is 10.2. The van der Waals surface area contributed by atoms with E-state index < -0.39 is 30.4 Å². The van der Waals surface area contributed by atoms with E-state index in [2.05, 4.69) is 10.6 Å². The van der Waals surface area contributed by atoms with Gasteiger partial charge in [-0.15, -0.1) is 0 Å². The molecule has 0 fully saturated rings. The van der Waals surface area contributed by atoms with Gasteiger partial charge in [0.05, 0.1) is 6.42 Å². The number of rotatable bonds is 8. The normalized spacial score (nSPS) is 13.7. The SMILES string of the molecule is CC(CCN(C)C)NC(=O)N[C@H](CC(N)=O)C(=O)O. The monoisotopic (exact) mass is 274 g/mol. The molecule has 0 radical (unpaired) electrons. The zero-order valence-electron chi connectivity index (χ0n) is 11.5. The Morgan fingerprint density at radius 3 is 2.26 bits per heavy atom. The molecule has 0 saturated carbocycles. The van der Waals surface area contributed by atoms with E-state index in [9.17, 15) is 14.4 Å². The first kappa shape index (κ1) is 17.2. The number of hydrogen-bond acceptors (Lipinski definition) is 4. The minimum atomic E-state index is -1.31.